The molecule has 0 fully saturated rings. The largest absolute Gasteiger partial charge is 0.481 e. The van der Waals surface area contributed by atoms with Gasteiger partial charge in [0.2, 0.25) is 29.5 Å². The molecule has 0 aromatic heterocycles. The first-order chi connectivity index (χ1) is 14.8. The number of nitrogens with one attached hydrogen (secondary N) is 3. The number of primary amides is 2. The molecular weight excluding hydrogens is 452 g/mol. The van der Waals surface area contributed by atoms with Crippen LogP contribution < -0.4 is 33.2 Å². The number of amides is 5. The Morgan fingerprint density at radius 3 is 1.69 bits per heavy atom. The van der Waals surface area contributed by atoms with Gasteiger partial charge in [-0.15, -0.1) is 0 Å². The number of thiol groups is 1. The molecule has 0 aliphatic heterocycles. The second kappa shape index (κ2) is 13.8. The first-order valence-electron chi connectivity index (χ1n) is 9.07. The van der Waals surface area contributed by atoms with Crippen molar-refractivity contribution in [3.8, 4) is 0 Å². The van der Waals surface area contributed by atoms with Gasteiger partial charge in [-0.25, -0.2) is 4.79 Å². The molecule has 0 saturated heterocycles. The minimum absolute atomic E-state index is 0.0666. The molecule has 11 N–H and O–H groups in total. The third kappa shape index (κ3) is 11.1. The predicted octanol–water partition coefficient (Wildman–Crippen LogP) is -4.60. The summed E-state index contributed by atoms with van der Waals surface area (Å²) in [5, 5.41) is 24.0. The Morgan fingerprint density at radius 1 is 0.750 bits per heavy atom. The van der Waals surface area contributed by atoms with Crippen molar-refractivity contribution < 1.29 is 43.8 Å². The number of hydrogen-bond donors (Lipinski definition) is 9. The van der Waals surface area contributed by atoms with Gasteiger partial charge in [-0.1, -0.05) is 0 Å². The lowest BCUT2D eigenvalue weighted by Crippen LogP contribution is -2.58. The van der Waals surface area contributed by atoms with Crippen LogP contribution in [0.2, 0.25) is 0 Å². The fraction of sp³-hybridized carbons (Fsp3) is 0.562. The summed E-state index contributed by atoms with van der Waals surface area (Å²) in [6.45, 7) is 0. The summed E-state index contributed by atoms with van der Waals surface area (Å²) < 4.78 is 0. The lowest BCUT2D eigenvalue weighted by molar-refractivity contribution is -0.147. The monoisotopic (exact) mass is 478 g/mol. The number of carboxylic acids is 2. The zero-order valence-corrected chi connectivity index (χ0v) is 17.7. The van der Waals surface area contributed by atoms with Crippen molar-refractivity contribution in [3.63, 3.8) is 0 Å². The molecular formula is C16H26N6O9S. The number of carbonyl (C=O) groups is 7. The number of rotatable bonds is 15. The van der Waals surface area contributed by atoms with E-state index in [1.807, 2.05) is 5.32 Å². The van der Waals surface area contributed by atoms with Crippen LogP contribution in [0.1, 0.15) is 25.7 Å². The van der Waals surface area contributed by atoms with Crippen molar-refractivity contribution in [2.75, 3.05) is 5.75 Å². The van der Waals surface area contributed by atoms with Gasteiger partial charge in [0.05, 0.1) is 18.9 Å². The standard InChI is InChI=1S/C16H26N6O9S/c17-6(5-32)13(27)20-7(1-2-10(18)23)14(28)21-8(3-11(19)24)15(29)22-9(16(30)31)4-12(25)26/h6-9,32H,1-5,17H2,(H2,18,23)(H2,19,24)(H,20,27)(H,21,28)(H,22,29)(H,25,26)(H,30,31). The molecule has 0 rings (SSSR count). The number of nitrogens with two attached hydrogens (primary N) is 3. The van der Waals surface area contributed by atoms with Gasteiger partial charge >= 0.3 is 11.9 Å². The van der Waals surface area contributed by atoms with E-state index in [4.69, 9.17) is 27.4 Å². The minimum Gasteiger partial charge on any atom is -0.481 e. The summed E-state index contributed by atoms with van der Waals surface area (Å²) in [6.07, 6.45) is -2.37. The number of carbonyl (C=O) groups excluding carboxylic acids is 5. The zero-order chi connectivity index (χ0) is 25.0. The van der Waals surface area contributed by atoms with Gasteiger partial charge in [-0.3, -0.25) is 28.8 Å². The quantitative estimate of drug-likeness (QED) is 0.102. The summed E-state index contributed by atoms with van der Waals surface area (Å²) in [5.74, 6) is -8.14. The first kappa shape index (κ1) is 28.6. The van der Waals surface area contributed by atoms with Gasteiger partial charge in [0, 0.05) is 12.2 Å². The van der Waals surface area contributed by atoms with E-state index in [2.05, 4.69) is 23.3 Å². The maximum absolute atomic E-state index is 12.6. The van der Waals surface area contributed by atoms with Gasteiger partial charge in [-0.05, 0) is 6.42 Å². The molecule has 0 spiro atoms. The fourth-order valence-electron chi connectivity index (χ4n) is 2.25. The molecule has 0 aromatic rings. The number of aliphatic carboxylic acids is 2. The molecule has 0 saturated carbocycles. The second-order valence-corrected chi connectivity index (χ2v) is 6.95. The van der Waals surface area contributed by atoms with E-state index in [0.717, 1.165) is 0 Å². The minimum atomic E-state index is -1.86. The van der Waals surface area contributed by atoms with Crippen molar-refractivity contribution in [3.05, 3.63) is 0 Å². The third-order valence-electron chi connectivity index (χ3n) is 3.88. The predicted molar refractivity (Wildman–Crippen MR) is 110 cm³/mol. The van der Waals surface area contributed by atoms with Gasteiger partial charge in [0.1, 0.15) is 18.1 Å². The molecule has 0 bridgehead atoms. The molecule has 4 atom stereocenters. The highest BCUT2D eigenvalue weighted by atomic mass is 32.1. The van der Waals surface area contributed by atoms with E-state index in [1.165, 1.54) is 0 Å². The Morgan fingerprint density at radius 2 is 1.25 bits per heavy atom. The van der Waals surface area contributed by atoms with E-state index >= 15 is 0 Å². The molecule has 5 amide bonds. The van der Waals surface area contributed by atoms with Crippen LogP contribution in [0.3, 0.4) is 0 Å². The second-order valence-electron chi connectivity index (χ2n) is 6.58. The Bertz CT molecular complexity index is 762. The highest BCUT2D eigenvalue weighted by Gasteiger charge is 2.32. The molecule has 16 heteroatoms. The van der Waals surface area contributed by atoms with Crippen LogP contribution in [0.5, 0.6) is 0 Å². The van der Waals surface area contributed by atoms with Crippen molar-refractivity contribution in [1.29, 1.82) is 0 Å². The SMILES string of the molecule is NC(=O)CCC(NC(=O)C(N)CS)C(=O)NC(CC(N)=O)C(=O)NC(CC(=O)O)C(=O)O. The van der Waals surface area contributed by atoms with Crippen LogP contribution in [-0.4, -0.2) is 81.6 Å². The summed E-state index contributed by atoms with van der Waals surface area (Å²) >= 11 is 3.85. The molecule has 4 unspecified atom stereocenters. The Balaban J connectivity index is 5.55. The normalized spacial score (nSPS) is 14.2. The molecule has 0 heterocycles. The maximum Gasteiger partial charge on any atom is 0.326 e. The van der Waals surface area contributed by atoms with Crippen LogP contribution in [-0.2, 0) is 33.6 Å². The Kier molecular flexibility index (Phi) is 12.3. The average molecular weight is 478 g/mol. The summed E-state index contributed by atoms with van der Waals surface area (Å²) in [4.78, 5) is 81.3. The lowest BCUT2D eigenvalue weighted by Gasteiger charge is -2.24. The van der Waals surface area contributed by atoms with E-state index in [9.17, 15) is 33.6 Å². The Hall–Kier alpha value is -3.40. The fourth-order valence-corrected chi connectivity index (χ4v) is 2.41. The molecule has 0 aliphatic rings. The Labute approximate surface area is 187 Å². The first-order valence-corrected chi connectivity index (χ1v) is 9.70. The maximum atomic E-state index is 12.6. The van der Waals surface area contributed by atoms with E-state index in [-0.39, 0.29) is 18.6 Å². The molecule has 32 heavy (non-hydrogen) atoms. The summed E-state index contributed by atoms with van der Waals surface area (Å²) in [6, 6.07) is -6.06. The summed E-state index contributed by atoms with van der Waals surface area (Å²) in [7, 11) is 0. The highest BCUT2D eigenvalue weighted by Crippen LogP contribution is 2.03. The van der Waals surface area contributed by atoms with Gasteiger partial charge in [0.15, 0.2) is 0 Å². The highest BCUT2D eigenvalue weighted by molar-refractivity contribution is 7.80. The van der Waals surface area contributed by atoms with Crippen LogP contribution >= 0.6 is 12.6 Å². The topological polar surface area (TPSA) is 274 Å². The molecule has 0 radical (unpaired) electrons. The molecule has 0 aromatic carbocycles. The number of carboxylic acid groups (broad SMARTS) is 2. The lowest BCUT2D eigenvalue weighted by atomic mass is 10.1. The van der Waals surface area contributed by atoms with Gasteiger partial charge in [0.25, 0.3) is 0 Å². The van der Waals surface area contributed by atoms with Crippen LogP contribution in [0, 0.1) is 0 Å². The van der Waals surface area contributed by atoms with E-state index < -0.39 is 78.5 Å². The average Bonchev–Trinajstić information content (AvgIpc) is 2.67. The van der Waals surface area contributed by atoms with Gasteiger partial charge < -0.3 is 43.4 Å². The zero-order valence-electron chi connectivity index (χ0n) is 16.8. The molecule has 15 nitrogen and oxygen atoms in total. The smallest absolute Gasteiger partial charge is 0.326 e. The molecule has 180 valence electrons. The third-order valence-corrected chi connectivity index (χ3v) is 4.27. The van der Waals surface area contributed by atoms with Crippen molar-refractivity contribution in [1.82, 2.24) is 16.0 Å². The van der Waals surface area contributed by atoms with Crippen molar-refractivity contribution in [2.45, 2.75) is 49.9 Å². The van der Waals surface area contributed by atoms with Crippen molar-refractivity contribution in [2.24, 2.45) is 17.2 Å². The van der Waals surface area contributed by atoms with E-state index in [0.29, 0.717) is 0 Å². The summed E-state index contributed by atoms with van der Waals surface area (Å²) in [5.41, 5.74) is 15.6. The van der Waals surface area contributed by atoms with Crippen LogP contribution in [0.25, 0.3) is 0 Å². The molecule has 0 aliphatic carbocycles. The number of hydrogen-bond acceptors (Lipinski definition) is 9. The van der Waals surface area contributed by atoms with E-state index in [1.54, 1.807) is 0 Å². The van der Waals surface area contributed by atoms with Gasteiger partial charge in [-0.2, -0.15) is 12.6 Å². The van der Waals surface area contributed by atoms with Crippen molar-refractivity contribution >= 4 is 54.1 Å². The van der Waals surface area contributed by atoms with Crippen LogP contribution in [0.4, 0.5) is 0 Å². The van der Waals surface area contributed by atoms with Crippen LogP contribution in [0.15, 0.2) is 0 Å².